The monoisotopic (exact) mass is 829 g/mol. The van der Waals surface area contributed by atoms with Crippen molar-refractivity contribution in [2.75, 3.05) is 26.4 Å². The molecule has 9 heteroatoms. The summed E-state index contributed by atoms with van der Waals surface area (Å²) in [6.07, 6.45) is 38.5. The van der Waals surface area contributed by atoms with Crippen molar-refractivity contribution in [3.63, 3.8) is 0 Å². The highest BCUT2D eigenvalue weighted by atomic mass is 16.7. The lowest BCUT2D eigenvalue weighted by Gasteiger charge is -2.39. The van der Waals surface area contributed by atoms with Crippen LogP contribution in [0.15, 0.2) is 0 Å². The summed E-state index contributed by atoms with van der Waals surface area (Å²) in [7, 11) is 0. The van der Waals surface area contributed by atoms with E-state index in [4.69, 9.17) is 18.9 Å². The molecule has 1 fully saturated rings. The second-order valence-electron chi connectivity index (χ2n) is 17.6. The molecule has 58 heavy (non-hydrogen) atoms. The van der Waals surface area contributed by atoms with Crippen LogP contribution in [0, 0.1) is 0 Å². The zero-order valence-corrected chi connectivity index (χ0v) is 38.1. The van der Waals surface area contributed by atoms with Crippen molar-refractivity contribution in [3.8, 4) is 0 Å². The molecular weight excluding hydrogens is 733 g/mol. The highest BCUT2D eigenvalue weighted by molar-refractivity contribution is 5.69. The molecule has 4 N–H and O–H groups in total. The Balaban J connectivity index is 2.16. The molecule has 6 unspecified atom stereocenters. The normalized spacial score (nSPS) is 20.1. The van der Waals surface area contributed by atoms with Gasteiger partial charge in [-0.3, -0.25) is 4.79 Å². The first-order chi connectivity index (χ1) is 28.4. The average molecular weight is 829 g/mol. The van der Waals surface area contributed by atoms with Crippen LogP contribution in [0.3, 0.4) is 0 Å². The summed E-state index contributed by atoms with van der Waals surface area (Å²) in [5.74, 6) is -0.305. The molecule has 0 aromatic heterocycles. The minimum Gasteiger partial charge on any atom is -0.457 e. The van der Waals surface area contributed by atoms with Gasteiger partial charge in [0.15, 0.2) is 6.29 Å². The Bertz CT molecular complexity index is 858. The summed E-state index contributed by atoms with van der Waals surface area (Å²) in [6, 6.07) is 0. The third kappa shape index (κ3) is 32.0. The second-order valence-corrected chi connectivity index (χ2v) is 17.6. The molecule has 9 nitrogen and oxygen atoms in total. The highest BCUT2D eigenvalue weighted by Gasteiger charge is 2.44. The van der Waals surface area contributed by atoms with Crippen molar-refractivity contribution in [2.45, 2.75) is 282 Å². The van der Waals surface area contributed by atoms with Gasteiger partial charge in [-0.15, -0.1) is 0 Å². The number of carbonyl (C=O) groups excluding carboxylic acids is 1. The van der Waals surface area contributed by atoms with Crippen molar-refractivity contribution in [1.82, 2.24) is 0 Å². The van der Waals surface area contributed by atoms with Gasteiger partial charge >= 0.3 is 5.97 Å². The van der Waals surface area contributed by atoms with Crippen molar-refractivity contribution >= 4 is 5.97 Å². The summed E-state index contributed by atoms with van der Waals surface area (Å²) < 4.78 is 22.9. The average Bonchev–Trinajstić information content (AvgIpc) is 3.22. The molecule has 1 rings (SSSR count). The van der Waals surface area contributed by atoms with Gasteiger partial charge in [0, 0.05) is 13.0 Å². The fourth-order valence-corrected chi connectivity index (χ4v) is 8.08. The summed E-state index contributed by atoms with van der Waals surface area (Å²) in [5.41, 5.74) is 0. The summed E-state index contributed by atoms with van der Waals surface area (Å²) in [4.78, 5) is 12.8. The zero-order valence-electron chi connectivity index (χ0n) is 38.1. The molecule has 0 radical (unpaired) electrons. The highest BCUT2D eigenvalue weighted by Crippen LogP contribution is 2.23. The molecule has 0 spiro atoms. The van der Waals surface area contributed by atoms with Crippen LogP contribution in [0.25, 0.3) is 0 Å². The molecule has 0 aromatic carbocycles. The maximum atomic E-state index is 12.8. The van der Waals surface area contributed by atoms with Gasteiger partial charge in [-0.1, -0.05) is 226 Å². The number of rotatable bonds is 44. The van der Waals surface area contributed by atoms with Gasteiger partial charge in [0.2, 0.25) is 0 Å². The van der Waals surface area contributed by atoms with Crippen LogP contribution in [-0.2, 0) is 23.7 Å². The van der Waals surface area contributed by atoms with Gasteiger partial charge in [-0.25, -0.2) is 0 Å². The van der Waals surface area contributed by atoms with Crippen molar-refractivity contribution < 1.29 is 44.2 Å². The summed E-state index contributed by atoms with van der Waals surface area (Å²) >= 11 is 0. The number of aliphatic hydroxyl groups excluding tert-OH is 4. The smallest absolute Gasteiger partial charge is 0.306 e. The lowest BCUT2D eigenvalue weighted by atomic mass is 9.99. The molecule has 0 amide bonds. The van der Waals surface area contributed by atoms with Crippen LogP contribution in [0.1, 0.15) is 245 Å². The molecule has 0 aromatic rings. The minimum absolute atomic E-state index is 0.105. The van der Waals surface area contributed by atoms with Gasteiger partial charge in [-0.05, 0) is 12.8 Å². The van der Waals surface area contributed by atoms with Crippen LogP contribution < -0.4 is 0 Å². The maximum Gasteiger partial charge on any atom is 0.306 e. The van der Waals surface area contributed by atoms with Crippen molar-refractivity contribution in [1.29, 1.82) is 0 Å². The van der Waals surface area contributed by atoms with E-state index in [9.17, 15) is 25.2 Å². The Labute approximate surface area is 357 Å². The van der Waals surface area contributed by atoms with Crippen molar-refractivity contribution in [3.05, 3.63) is 0 Å². The van der Waals surface area contributed by atoms with Crippen LogP contribution in [0.4, 0.5) is 0 Å². The van der Waals surface area contributed by atoms with Crippen LogP contribution in [0.5, 0.6) is 0 Å². The molecule has 1 aliphatic heterocycles. The molecule has 1 aliphatic rings. The molecule has 0 bridgehead atoms. The number of aliphatic hydroxyl groups is 4. The number of unbranched alkanes of at least 4 members (excludes halogenated alkanes) is 33. The van der Waals surface area contributed by atoms with Crippen LogP contribution in [-0.4, -0.2) is 89.6 Å². The van der Waals surface area contributed by atoms with E-state index in [1.807, 2.05) is 0 Å². The number of hydrogen-bond donors (Lipinski definition) is 4. The van der Waals surface area contributed by atoms with E-state index in [1.54, 1.807) is 0 Å². The Morgan fingerprint density at radius 2 is 0.845 bits per heavy atom. The first-order valence-electron chi connectivity index (χ1n) is 25.1. The Morgan fingerprint density at radius 3 is 1.22 bits per heavy atom. The lowest BCUT2D eigenvalue weighted by Crippen LogP contribution is -2.59. The van der Waals surface area contributed by atoms with E-state index in [0.29, 0.717) is 13.0 Å². The van der Waals surface area contributed by atoms with Gasteiger partial charge < -0.3 is 39.4 Å². The minimum atomic E-state index is -1.53. The van der Waals surface area contributed by atoms with E-state index in [1.165, 1.54) is 193 Å². The molecule has 1 heterocycles. The lowest BCUT2D eigenvalue weighted by molar-refractivity contribution is -0.305. The van der Waals surface area contributed by atoms with E-state index >= 15 is 0 Å². The molecule has 6 atom stereocenters. The number of esters is 1. The fraction of sp³-hybridized carbons (Fsp3) is 0.980. The Morgan fingerprint density at radius 1 is 0.483 bits per heavy atom. The first kappa shape index (κ1) is 55.2. The Kier molecular flexibility index (Phi) is 39.5. The fourth-order valence-electron chi connectivity index (χ4n) is 8.08. The Hall–Kier alpha value is -0.810. The number of carbonyl (C=O) groups is 1. The van der Waals surface area contributed by atoms with E-state index in [0.717, 1.165) is 32.1 Å². The summed E-state index contributed by atoms with van der Waals surface area (Å²) in [6.45, 7) is 4.62. The standard InChI is InChI=1S/C49H96O9/c1-3-5-7-9-11-13-15-17-18-19-20-21-22-23-24-25-26-28-30-32-34-36-38-45(51)57-43(42-56-49-48(54)47(53)46(52)44(40-50)58-49)41-55-39-37-35-33-31-29-27-16-14-12-10-8-6-4-2/h43-44,46-50,52-54H,3-42H2,1-2H3. The predicted molar refractivity (Wildman–Crippen MR) is 238 cm³/mol. The van der Waals surface area contributed by atoms with E-state index in [2.05, 4.69) is 13.8 Å². The number of ether oxygens (including phenoxy) is 4. The third-order valence-electron chi connectivity index (χ3n) is 12.0. The van der Waals surface area contributed by atoms with Crippen molar-refractivity contribution in [2.24, 2.45) is 0 Å². The second kappa shape index (κ2) is 41.5. The van der Waals surface area contributed by atoms with Gasteiger partial charge in [0.25, 0.3) is 0 Å². The van der Waals surface area contributed by atoms with Crippen LogP contribution in [0.2, 0.25) is 0 Å². The van der Waals surface area contributed by atoms with E-state index in [-0.39, 0.29) is 19.2 Å². The third-order valence-corrected chi connectivity index (χ3v) is 12.0. The van der Waals surface area contributed by atoms with Gasteiger partial charge in [-0.2, -0.15) is 0 Å². The SMILES string of the molecule is CCCCCCCCCCCCCCCCCCCCCCCCC(=O)OC(COCCCCCCCCCCCCCCC)COC1OC(CO)C(O)C(O)C1O. The van der Waals surface area contributed by atoms with Gasteiger partial charge in [0.1, 0.15) is 30.5 Å². The summed E-state index contributed by atoms with van der Waals surface area (Å²) in [5, 5.41) is 40.2. The quantitative estimate of drug-likeness (QED) is 0.0350. The molecule has 0 saturated carbocycles. The van der Waals surface area contributed by atoms with Gasteiger partial charge in [0.05, 0.1) is 19.8 Å². The zero-order chi connectivity index (χ0) is 42.2. The van der Waals surface area contributed by atoms with E-state index < -0.39 is 43.4 Å². The largest absolute Gasteiger partial charge is 0.457 e. The van der Waals surface area contributed by atoms with Crippen LogP contribution >= 0.6 is 0 Å². The predicted octanol–water partition coefficient (Wildman–Crippen LogP) is 11.8. The molecule has 0 aliphatic carbocycles. The maximum absolute atomic E-state index is 12.8. The number of hydrogen-bond acceptors (Lipinski definition) is 9. The molecular formula is C49H96O9. The molecule has 1 saturated heterocycles. The topological polar surface area (TPSA) is 135 Å². The first-order valence-corrected chi connectivity index (χ1v) is 25.1. The molecule has 346 valence electrons.